The zero-order valence-corrected chi connectivity index (χ0v) is 7.51. The normalized spacial score (nSPS) is 9.83. The van der Waals surface area contributed by atoms with E-state index in [9.17, 15) is 4.79 Å². The highest BCUT2D eigenvalue weighted by atomic mass is 35.5. The number of nitrogens with zero attached hydrogens (tertiary/aromatic N) is 2. The summed E-state index contributed by atoms with van der Waals surface area (Å²) in [6.07, 6.45) is 1.42. The van der Waals surface area contributed by atoms with E-state index in [1.165, 1.54) is 17.0 Å². The van der Waals surface area contributed by atoms with Crippen molar-refractivity contribution < 1.29 is 0 Å². The SMILES string of the molecule is C=C(C)Cn1cnc(Cl)cc1=O. The lowest BCUT2D eigenvalue weighted by molar-refractivity contribution is 0.727. The third-order valence-corrected chi connectivity index (χ3v) is 1.49. The molecule has 0 bridgehead atoms. The smallest absolute Gasteiger partial charge is 0.255 e. The predicted molar refractivity (Wildman–Crippen MR) is 48.3 cm³/mol. The van der Waals surface area contributed by atoms with Crippen LogP contribution in [0.5, 0.6) is 0 Å². The fourth-order valence-electron chi connectivity index (χ4n) is 0.813. The summed E-state index contributed by atoms with van der Waals surface area (Å²) in [5.41, 5.74) is 0.749. The highest BCUT2D eigenvalue weighted by Crippen LogP contribution is 1.97. The first-order valence-corrected chi connectivity index (χ1v) is 3.84. The van der Waals surface area contributed by atoms with Crippen LogP contribution in [0.1, 0.15) is 6.92 Å². The van der Waals surface area contributed by atoms with Gasteiger partial charge in [-0.2, -0.15) is 0 Å². The second-order valence-corrected chi connectivity index (χ2v) is 3.02. The molecule has 1 heterocycles. The van der Waals surface area contributed by atoms with Crippen LogP contribution in [-0.4, -0.2) is 9.55 Å². The largest absolute Gasteiger partial charge is 0.295 e. The first-order valence-electron chi connectivity index (χ1n) is 3.46. The number of allylic oxidation sites excluding steroid dienone is 1. The average Bonchev–Trinajstić information content (AvgIpc) is 1.94. The molecule has 0 saturated carbocycles. The number of hydrogen-bond acceptors (Lipinski definition) is 2. The standard InChI is InChI=1S/C8H9ClN2O/c1-6(2)4-11-5-10-7(9)3-8(11)12/h3,5H,1,4H2,2H3. The molecule has 0 amide bonds. The Morgan fingerprint density at radius 2 is 2.50 bits per heavy atom. The van der Waals surface area contributed by atoms with Gasteiger partial charge in [0.2, 0.25) is 0 Å². The zero-order chi connectivity index (χ0) is 9.14. The molecule has 0 aliphatic carbocycles. The van der Waals surface area contributed by atoms with E-state index in [0.29, 0.717) is 6.54 Å². The highest BCUT2D eigenvalue weighted by Gasteiger charge is 1.96. The monoisotopic (exact) mass is 184 g/mol. The molecule has 1 aromatic rings. The molecule has 0 saturated heterocycles. The lowest BCUT2D eigenvalue weighted by atomic mass is 10.3. The number of hydrogen-bond donors (Lipinski definition) is 0. The van der Waals surface area contributed by atoms with Crippen molar-refractivity contribution in [3.63, 3.8) is 0 Å². The number of halogens is 1. The van der Waals surface area contributed by atoms with E-state index in [2.05, 4.69) is 11.6 Å². The Kier molecular flexibility index (Phi) is 2.65. The van der Waals surface area contributed by atoms with Gasteiger partial charge in [0.05, 0.1) is 6.33 Å². The van der Waals surface area contributed by atoms with Crippen LogP contribution in [0.4, 0.5) is 0 Å². The summed E-state index contributed by atoms with van der Waals surface area (Å²) in [6.45, 7) is 6.03. The van der Waals surface area contributed by atoms with Crippen LogP contribution in [0.3, 0.4) is 0 Å². The molecule has 0 aliphatic heterocycles. The minimum atomic E-state index is -0.155. The van der Waals surface area contributed by atoms with Gasteiger partial charge < -0.3 is 0 Å². The van der Waals surface area contributed by atoms with Gasteiger partial charge in [0, 0.05) is 12.6 Å². The molecular weight excluding hydrogens is 176 g/mol. The molecular formula is C8H9ClN2O. The molecule has 12 heavy (non-hydrogen) atoms. The quantitative estimate of drug-likeness (QED) is 0.516. The molecule has 0 N–H and O–H groups in total. The molecule has 0 aromatic carbocycles. The van der Waals surface area contributed by atoms with Crippen LogP contribution < -0.4 is 5.56 Å². The minimum absolute atomic E-state index is 0.155. The van der Waals surface area contributed by atoms with Crippen LogP contribution >= 0.6 is 11.6 Å². The second-order valence-electron chi connectivity index (χ2n) is 2.63. The molecule has 0 spiro atoms. The van der Waals surface area contributed by atoms with E-state index in [1.807, 2.05) is 6.92 Å². The van der Waals surface area contributed by atoms with Gasteiger partial charge in [0.15, 0.2) is 0 Å². The molecule has 0 aliphatic rings. The second kappa shape index (κ2) is 3.54. The lowest BCUT2D eigenvalue weighted by Crippen LogP contribution is -2.19. The van der Waals surface area contributed by atoms with Crippen LogP contribution in [-0.2, 0) is 6.54 Å². The fraction of sp³-hybridized carbons (Fsp3) is 0.250. The molecule has 1 rings (SSSR count). The van der Waals surface area contributed by atoms with Crippen LogP contribution in [0.25, 0.3) is 0 Å². The minimum Gasteiger partial charge on any atom is -0.295 e. The van der Waals surface area contributed by atoms with Crippen LogP contribution in [0, 0.1) is 0 Å². The number of rotatable bonds is 2. The summed E-state index contributed by atoms with van der Waals surface area (Å²) in [6, 6.07) is 1.28. The Labute approximate surface area is 75.3 Å². The van der Waals surface area contributed by atoms with E-state index in [0.717, 1.165) is 5.57 Å². The predicted octanol–water partition coefficient (Wildman–Crippen LogP) is 1.47. The average molecular weight is 185 g/mol. The Hall–Kier alpha value is -1.09. The molecule has 4 heteroatoms. The fourth-order valence-corrected chi connectivity index (χ4v) is 0.950. The maximum atomic E-state index is 11.2. The Balaban J connectivity index is 3.02. The third-order valence-electron chi connectivity index (χ3n) is 1.29. The Bertz CT molecular complexity index is 356. The summed E-state index contributed by atoms with van der Waals surface area (Å²) in [5.74, 6) is 0. The van der Waals surface area contributed by atoms with Crippen molar-refractivity contribution in [3.8, 4) is 0 Å². The van der Waals surface area contributed by atoms with Gasteiger partial charge >= 0.3 is 0 Å². The van der Waals surface area contributed by atoms with E-state index in [-0.39, 0.29) is 10.7 Å². The van der Waals surface area contributed by atoms with Gasteiger partial charge in [0.25, 0.3) is 5.56 Å². The molecule has 64 valence electrons. The zero-order valence-electron chi connectivity index (χ0n) is 6.75. The van der Waals surface area contributed by atoms with Crippen molar-refractivity contribution in [2.75, 3.05) is 0 Å². The number of aromatic nitrogens is 2. The molecule has 1 aromatic heterocycles. The molecule has 0 radical (unpaired) electrons. The van der Waals surface area contributed by atoms with Gasteiger partial charge in [-0.1, -0.05) is 23.8 Å². The van der Waals surface area contributed by atoms with Gasteiger partial charge in [0.1, 0.15) is 5.15 Å². The Morgan fingerprint density at radius 1 is 1.83 bits per heavy atom. The summed E-state index contributed by atoms with van der Waals surface area (Å²) in [4.78, 5) is 15.0. The van der Waals surface area contributed by atoms with E-state index in [1.54, 1.807) is 0 Å². The summed E-state index contributed by atoms with van der Waals surface area (Å²) >= 11 is 5.51. The van der Waals surface area contributed by atoms with Crippen molar-refractivity contribution in [3.05, 3.63) is 40.1 Å². The maximum absolute atomic E-state index is 11.2. The molecule has 3 nitrogen and oxygen atoms in total. The van der Waals surface area contributed by atoms with Crippen LogP contribution in [0.2, 0.25) is 5.15 Å². The van der Waals surface area contributed by atoms with Gasteiger partial charge in [-0.15, -0.1) is 0 Å². The van der Waals surface area contributed by atoms with Crippen molar-refractivity contribution in [2.45, 2.75) is 13.5 Å². The summed E-state index contributed by atoms with van der Waals surface area (Å²) in [5, 5.41) is 0.220. The molecule has 0 unspecified atom stereocenters. The summed E-state index contributed by atoms with van der Waals surface area (Å²) in [7, 11) is 0. The van der Waals surface area contributed by atoms with E-state index >= 15 is 0 Å². The van der Waals surface area contributed by atoms with E-state index < -0.39 is 0 Å². The maximum Gasteiger partial charge on any atom is 0.255 e. The van der Waals surface area contributed by atoms with Crippen LogP contribution in [0.15, 0.2) is 29.3 Å². The van der Waals surface area contributed by atoms with Crippen molar-refractivity contribution in [1.82, 2.24) is 9.55 Å². The van der Waals surface area contributed by atoms with Crippen molar-refractivity contribution in [1.29, 1.82) is 0 Å². The molecule has 0 fully saturated rings. The topological polar surface area (TPSA) is 34.9 Å². The van der Waals surface area contributed by atoms with Crippen molar-refractivity contribution >= 4 is 11.6 Å². The first-order chi connectivity index (χ1) is 5.59. The molecule has 0 atom stereocenters. The van der Waals surface area contributed by atoms with E-state index in [4.69, 9.17) is 11.6 Å². The highest BCUT2D eigenvalue weighted by molar-refractivity contribution is 6.29. The van der Waals surface area contributed by atoms with Gasteiger partial charge in [-0.3, -0.25) is 9.36 Å². The lowest BCUT2D eigenvalue weighted by Gasteiger charge is -2.02. The summed E-state index contributed by atoms with van der Waals surface area (Å²) < 4.78 is 1.45. The van der Waals surface area contributed by atoms with Gasteiger partial charge in [-0.25, -0.2) is 4.98 Å². The Morgan fingerprint density at radius 3 is 3.00 bits per heavy atom. The first kappa shape index (κ1) is 9.00. The van der Waals surface area contributed by atoms with Crippen molar-refractivity contribution in [2.24, 2.45) is 0 Å². The van der Waals surface area contributed by atoms with Gasteiger partial charge in [-0.05, 0) is 6.92 Å². The third kappa shape index (κ3) is 2.20.